The Morgan fingerprint density at radius 1 is 1.28 bits per heavy atom. The van der Waals surface area contributed by atoms with Gasteiger partial charge in [-0.25, -0.2) is 4.79 Å². The molecule has 0 aliphatic carbocycles. The van der Waals surface area contributed by atoms with Crippen LogP contribution in [0.25, 0.3) is 0 Å². The van der Waals surface area contributed by atoms with Crippen LogP contribution in [0, 0.1) is 0 Å². The van der Waals surface area contributed by atoms with Gasteiger partial charge in [-0.1, -0.05) is 19.9 Å². The molecular formula is C13H22O5. The average Bonchev–Trinajstić information content (AvgIpc) is 2.65. The average molecular weight is 258 g/mol. The van der Waals surface area contributed by atoms with Crippen molar-refractivity contribution in [3.63, 3.8) is 0 Å². The Hall–Kier alpha value is -0.910. The van der Waals surface area contributed by atoms with Crippen LogP contribution in [0.4, 0.5) is 0 Å². The Kier molecular flexibility index (Phi) is 4.90. The number of fused-ring (bicyclic) bond motifs is 1. The third kappa shape index (κ3) is 2.74. The van der Waals surface area contributed by atoms with Gasteiger partial charge in [-0.15, -0.1) is 6.58 Å². The first-order chi connectivity index (χ1) is 8.48. The molecule has 2 saturated heterocycles. The van der Waals surface area contributed by atoms with Gasteiger partial charge in [-0.2, -0.15) is 0 Å². The molecule has 0 spiro atoms. The predicted molar refractivity (Wildman–Crippen MR) is 66.0 cm³/mol. The summed E-state index contributed by atoms with van der Waals surface area (Å²) in [6.45, 7) is 11.2. The van der Waals surface area contributed by atoms with Crippen molar-refractivity contribution in [2.24, 2.45) is 0 Å². The third-order valence-electron chi connectivity index (χ3n) is 2.76. The van der Waals surface area contributed by atoms with Crippen molar-refractivity contribution < 1.29 is 23.7 Å². The maximum Gasteiger partial charge on any atom is 0.338 e. The molecule has 0 amide bonds. The number of hydrogen-bond acceptors (Lipinski definition) is 5. The lowest BCUT2D eigenvalue weighted by Crippen LogP contribution is -2.54. The van der Waals surface area contributed by atoms with Gasteiger partial charge in [0.15, 0.2) is 18.0 Å². The Bertz CT molecular complexity index is 313. The molecule has 2 rings (SSSR count). The van der Waals surface area contributed by atoms with Gasteiger partial charge in [0.2, 0.25) is 0 Å². The van der Waals surface area contributed by atoms with Crippen LogP contribution in [-0.2, 0) is 23.7 Å². The lowest BCUT2D eigenvalue weighted by Gasteiger charge is -2.41. The zero-order valence-corrected chi connectivity index (χ0v) is 11.6. The molecule has 5 nitrogen and oxygen atoms in total. The van der Waals surface area contributed by atoms with Gasteiger partial charge in [0.1, 0.15) is 12.2 Å². The molecule has 2 aliphatic rings. The molecule has 18 heavy (non-hydrogen) atoms. The maximum atomic E-state index is 11.5. The summed E-state index contributed by atoms with van der Waals surface area (Å²) in [6.07, 6.45) is -0.339. The molecule has 0 radical (unpaired) electrons. The first-order valence-electron chi connectivity index (χ1n) is 6.20. The highest BCUT2D eigenvalue weighted by Crippen LogP contribution is 2.35. The van der Waals surface area contributed by atoms with Crippen molar-refractivity contribution in [1.82, 2.24) is 0 Å². The van der Waals surface area contributed by atoms with Crippen LogP contribution in [0.3, 0.4) is 0 Å². The van der Waals surface area contributed by atoms with E-state index in [9.17, 15) is 4.79 Å². The van der Waals surface area contributed by atoms with E-state index in [0.717, 1.165) is 0 Å². The summed E-state index contributed by atoms with van der Waals surface area (Å²) in [4.78, 5) is 11.5. The minimum Gasteiger partial charge on any atom is -0.454 e. The minimum atomic E-state index is -0.773. The molecule has 0 aromatic carbocycles. The van der Waals surface area contributed by atoms with Crippen molar-refractivity contribution in [3.8, 4) is 0 Å². The van der Waals surface area contributed by atoms with Crippen LogP contribution in [0.5, 0.6) is 0 Å². The monoisotopic (exact) mass is 258 g/mol. The summed E-state index contributed by atoms with van der Waals surface area (Å²) < 4.78 is 21.5. The zero-order chi connectivity index (χ0) is 13.9. The second kappa shape index (κ2) is 5.82. The van der Waals surface area contributed by atoms with Crippen LogP contribution < -0.4 is 0 Å². The molecule has 0 saturated carbocycles. The maximum absolute atomic E-state index is 11.5. The van der Waals surface area contributed by atoms with E-state index in [1.54, 1.807) is 19.9 Å². The van der Waals surface area contributed by atoms with Crippen molar-refractivity contribution in [2.75, 3.05) is 7.11 Å². The number of methoxy groups -OCH3 is 1. The Labute approximate surface area is 108 Å². The highest BCUT2D eigenvalue weighted by molar-refractivity contribution is 5.78. The molecule has 4 atom stereocenters. The fraction of sp³-hybridized carbons (Fsp3) is 0.769. The largest absolute Gasteiger partial charge is 0.454 e. The summed E-state index contributed by atoms with van der Waals surface area (Å²) in [5.74, 6) is -1.18. The lowest BCUT2D eigenvalue weighted by molar-refractivity contribution is -0.318. The van der Waals surface area contributed by atoms with E-state index >= 15 is 0 Å². The normalized spacial score (nSPS) is 37.1. The van der Waals surface area contributed by atoms with Crippen molar-refractivity contribution in [3.05, 3.63) is 12.7 Å². The third-order valence-corrected chi connectivity index (χ3v) is 2.76. The molecule has 104 valence electrons. The van der Waals surface area contributed by atoms with E-state index in [0.29, 0.717) is 0 Å². The molecule has 2 aliphatic heterocycles. The number of carbonyl (C=O) groups excluding carboxylic acids is 1. The van der Waals surface area contributed by atoms with Gasteiger partial charge in [0.05, 0.1) is 0 Å². The smallest absolute Gasteiger partial charge is 0.338 e. The number of ether oxygens (including phenoxy) is 4. The summed E-state index contributed by atoms with van der Waals surface area (Å²) in [5.41, 5.74) is 0. The van der Waals surface area contributed by atoms with Crippen LogP contribution in [0.1, 0.15) is 27.7 Å². The molecule has 5 heteroatoms. The van der Waals surface area contributed by atoms with E-state index in [2.05, 4.69) is 6.58 Å². The first kappa shape index (κ1) is 15.1. The summed E-state index contributed by atoms with van der Waals surface area (Å²) >= 11 is 0. The van der Waals surface area contributed by atoms with E-state index in [1.165, 1.54) is 7.11 Å². The number of esters is 1. The zero-order valence-electron chi connectivity index (χ0n) is 11.6. The molecule has 0 aromatic rings. The highest BCUT2D eigenvalue weighted by Gasteiger charge is 2.55. The molecule has 2 fully saturated rings. The van der Waals surface area contributed by atoms with Gasteiger partial charge < -0.3 is 18.9 Å². The van der Waals surface area contributed by atoms with Crippen molar-refractivity contribution >= 4 is 5.97 Å². The number of hydrogen-bond donors (Lipinski definition) is 0. The van der Waals surface area contributed by atoms with Crippen LogP contribution in [0.15, 0.2) is 12.7 Å². The van der Waals surface area contributed by atoms with Gasteiger partial charge in [-0.3, -0.25) is 0 Å². The van der Waals surface area contributed by atoms with Gasteiger partial charge in [-0.05, 0) is 13.8 Å². The Morgan fingerprint density at radius 2 is 1.89 bits per heavy atom. The second-order valence-electron chi connectivity index (χ2n) is 4.36. The number of rotatable bonds is 2. The Balaban J connectivity index is 0.000000771. The van der Waals surface area contributed by atoms with Gasteiger partial charge >= 0.3 is 5.97 Å². The second-order valence-corrected chi connectivity index (χ2v) is 4.36. The number of carbonyl (C=O) groups is 1. The minimum absolute atomic E-state index is 0.363. The molecule has 0 bridgehead atoms. The molecule has 0 aromatic heterocycles. The van der Waals surface area contributed by atoms with E-state index in [4.69, 9.17) is 18.9 Å². The first-order valence-corrected chi connectivity index (χ1v) is 6.20. The summed E-state index contributed by atoms with van der Waals surface area (Å²) in [6, 6.07) is 0. The van der Waals surface area contributed by atoms with Crippen molar-refractivity contribution in [2.45, 2.75) is 57.9 Å². The highest BCUT2D eigenvalue weighted by atomic mass is 16.8. The van der Waals surface area contributed by atoms with Crippen molar-refractivity contribution in [1.29, 1.82) is 0 Å². The lowest BCUT2D eigenvalue weighted by atomic mass is 10.0. The fourth-order valence-corrected chi connectivity index (χ4v) is 2.12. The van der Waals surface area contributed by atoms with E-state index in [1.807, 2.05) is 13.8 Å². The van der Waals surface area contributed by atoms with Crippen LogP contribution >= 0.6 is 0 Å². The van der Waals surface area contributed by atoms with Gasteiger partial charge in [0, 0.05) is 7.11 Å². The van der Waals surface area contributed by atoms with Crippen LogP contribution in [-0.4, -0.2) is 43.3 Å². The quantitative estimate of drug-likeness (QED) is 0.557. The van der Waals surface area contributed by atoms with E-state index in [-0.39, 0.29) is 6.10 Å². The SMILES string of the molecule is C=C[C@H]1OC(C)(C)OC2C1OC(=O)[C@@H]2OC.CC. The molecule has 2 heterocycles. The Morgan fingerprint density at radius 3 is 2.39 bits per heavy atom. The molecule has 2 unspecified atom stereocenters. The standard InChI is InChI=1S/C11H16O5.C2H6/c1-5-6-7-8(16-11(2,3)15-6)9(13-4)10(12)14-7;1-2/h5-9H,1H2,2-4H3;1-2H3/t6-,7?,8?,9-;/m1./s1. The summed E-state index contributed by atoms with van der Waals surface area (Å²) in [5, 5.41) is 0. The van der Waals surface area contributed by atoms with E-state index < -0.39 is 30.1 Å². The topological polar surface area (TPSA) is 54.0 Å². The fourth-order valence-electron chi connectivity index (χ4n) is 2.12. The molecular weight excluding hydrogens is 236 g/mol. The predicted octanol–water partition coefficient (Wildman–Crippen LogP) is 1.66. The van der Waals surface area contributed by atoms with Crippen LogP contribution in [0.2, 0.25) is 0 Å². The van der Waals surface area contributed by atoms with Gasteiger partial charge in [0.25, 0.3) is 0 Å². The molecule has 0 N–H and O–H groups in total. The summed E-state index contributed by atoms with van der Waals surface area (Å²) in [7, 11) is 1.46.